The van der Waals surface area contributed by atoms with Gasteiger partial charge in [-0.05, 0) is 62.4 Å². The molecular weight excluding hydrogens is 508 g/mol. The van der Waals surface area contributed by atoms with Gasteiger partial charge in [-0.1, -0.05) is 27.7 Å². The van der Waals surface area contributed by atoms with Gasteiger partial charge in [0.2, 0.25) is 11.7 Å². The van der Waals surface area contributed by atoms with Crippen molar-refractivity contribution in [2.45, 2.75) is 25.5 Å². The second kappa shape index (κ2) is 10.2. The van der Waals surface area contributed by atoms with E-state index in [1.54, 1.807) is 31.2 Å². The van der Waals surface area contributed by atoms with Gasteiger partial charge < -0.3 is 14.5 Å². The first-order valence-electron chi connectivity index (χ1n) is 10.3. The number of hydrogen-bond donors (Lipinski definition) is 1. The standard InChI is InChI=1S/C23H21BrN4O4S/c1-3-28-21(19-12-15-11-16(24)7-10-18(15)32-19)26-27-23(28)33-13-20(29)25-17-8-5-14(6-9-17)22(30)31-4-2/h5-12H,3-4,13H2,1-2H3,(H,25,29). The number of rotatable bonds is 8. The first kappa shape index (κ1) is 23.1. The number of amides is 1. The number of hydrogen-bond acceptors (Lipinski definition) is 7. The molecule has 4 rings (SSSR count). The third kappa shape index (κ3) is 5.28. The number of fused-ring (bicyclic) bond motifs is 1. The minimum Gasteiger partial charge on any atom is -0.462 e. The molecular formula is C23H21BrN4O4S. The van der Waals surface area contributed by atoms with Crippen molar-refractivity contribution in [3.05, 3.63) is 58.6 Å². The molecule has 0 aliphatic rings. The molecule has 0 aliphatic heterocycles. The quantitative estimate of drug-likeness (QED) is 0.242. The lowest BCUT2D eigenvalue weighted by Crippen LogP contribution is -2.15. The van der Waals surface area contributed by atoms with E-state index < -0.39 is 5.97 Å². The van der Waals surface area contributed by atoms with Crippen LogP contribution in [0, 0.1) is 0 Å². The Balaban J connectivity index is 1.41. The number of anilines is 1. The second-order valence-corrected chi connectivity index (χ2v) is 8.84. The summed E-state index contributed by atoms with van der Waals surface area (Å²) in [5.74, 6) is 0.810. The molecule has 2 heterocycles. The van der Waals surface area contributed by atoms with E-state index in [2.05, 4.69) is 31.4 Å². The molecule has 1 N–H and O–H groups in total. The molecule has 0 unspecified atom stereocenters. The fourth-order valence-electron chi connectivity index (χ4n) is 3.22. The normalized spacial score (nSPS) is 11.0. The maximum Gasteiger partial charge on any atom is 0.338 e. The molecule has 170 valence electrons. The van der Waals surface area contributed by atoms with Crippen LogP contribution in [0.15, 0.2) is 62.6 Å². The average molecular weight is 529 g/mol. The highest BCUT2D eigenvalue weighted by molar-refractivity contribution is 9.10. The van der Waals surface area contributed by atoms with Crippen LogP contribution < -0.4 is 5.32 Å². The van der Waals surface area contributed by atoms with E-state index in [4.69, 9.17) is 9.15 Å². The van der Waals surface area contributed by atoms with Crippen molar-refractivity contribution in [2.24, 2.45) is 0 Å². The first-order valence-corrected chi connectivity index (χ1v) is 12.1. The van der Waals surface area contributed by atoms with Crippen LogP contribution >= 0.6 is 27.7 Å². The monoisotopic (exact) mass is 528 g/mol. The molecule has 0 saturated carbocycles. The Morgan fingerprint density at radius 2 is 1.91 bits per heavy atom. The third-order valence-corrected chi connectivity index (χ3v) is 6.20. The number of nitrogens with one attached hydrogen (secondary N) is 1. The molecule has 10 heteroatoms. The molecule has 2 aromatic heterocycles. The lowest BCUT2D eigenvalue weighted by atomic mass is 10.2. The lowest BCUT2D eigenvalue weighted by Gasteiger charge is -2.07. The van der Waals surface area contributed by atoms with Crippen molar-refractivity contribution >= 4 is 56.2 Å². The number of aromatic nitrogens is 3. The maximum absolute atomic E-state index is 12.4. The summed E-state index contributed by atoms with van der Waals surface area (Å²) in [7, 11) is 0. The predicted molar refractivity (Wildman–Crippen MR) is 130 cm³/mol. The number of carbonyl (C=O) groups excluding carboxylic acids is 2. The highest BCUT2D eigenvalue weighted by Gasteiger charge is 2.18. The Bertz CT molecular complexity index is 1300. The Labute approximate surface area is 202 Å². The summed E-state index contributed by atoms with van der Waals surface area (Å²) in [6.07, 6.45) is 0. The number of nitrogens with zero attached hydrogens (tertiary/aromatic N) is 3. The van der Waals surface area contributed by atoms with Crippen LogP contribution in [0.5, 0.6) is 0 Å². The van der Waals surface area contributed by atoms with Gasteiger partial charge in [0.1, 0.15) is 5.58 Å². The number of esters is 1. The van der Waals surface area contributed by atoms with Gasteiger partial charge in [-0.3, -0.25) is 9.36 Å². The number of halogens is 1. The number of thioether (sulfide) groups is 1. The Morgan fingerprint density at radius 3 is 2.64 bits per heavy atom. The Morgan fingerprint density at radius 1 is 1.12 bits per heavy atom. The Hall–Kier alpha value is -3.11. The van der Waals surface area contributed by atoms with E-state index >= 15 is 0 Å². The van der Waals surface area contributed by atoms with Gasteiger partial charge in [0.05, 0.1) is 17.9 Å². The fraction of sp³-hybridized carbons (Fsp3) is 0.217. The van der Waals surface area contributed by atoms with Crippen molar-refractivity contribution in [1.29, 1.82) is 0 Å². The summed E-state index contributed by atoms with van der Waals surface area (Å²) < 4.78 is 13.8. The fourth-order valence-corrected chi connectivity index (χ4v) is 4.40. The number of ether oxygens (including phenoxy) is 1. The van der Waals surface area contributed by atoms with Crippen LogP contribution in [0.2, 0.25) is 0 Å². The third-order valence-electron chi connectivity index (χ3n) is 4.74. The summed E-state index contributed by atoms with van der Waals surface area (Å²) in [5, 5.41) is 13.0. The molecule has 0 bridgehead atoms. The summed E-state index contributed by atoms with van der Waals surface area (Å²) in [5.41, 5.74) is 1.80. The van der Waals surface area contributed by atoms with E-state index in [1.807, 2.05) is 35.8 Å². The van der Waals surface area contributed by atoms with Crippen LogP contribution in [0.1, 0.15) is 24.2 Å². The lowest BCUT2D eigenvalue weighted by molar-refractivity contribution is -0.113. The summed E-state index contributed by atoms with van der Waals surface area (Å²) in [6, 6.07) is 14.3. The smallest absolute Gasteiger partial charge is 0.338 e. The van der Waals surface area contributed by atoms with E-state index in [-0.39, 0.29) is 11.7 Å². The van der Waals surface area contributed by atoms with Gasteiger partial charge in [0, 0.05) is 22.1 Å². The zero-order chi connectivity index (χ0) is 23.4. The van der Waals surface area contributed by atoms with E-state index in [0.29, 0.717) is 41.1 Å². The average Bonchev–Trinajstić information content (AvgIpc) is 3.41. The predicted octanol–water partition coefficient (Wildman–Crippen LogP) is 5.38. The van der Waals surface area contributed by atoms with Crippen LogP contribution in [-0.2, 0) is 16.1 Å². The SMILES string of the molecule is CCOC(=O)c1ccc(NC(=O)CSc2nnc(-c3cc4cc(Br)ccc4o3)n2CC)cc1. The number of carbonyl (C=O) groups is 2. The minimum absolute atomic E-state index is 0.158. The van der Waals surface area contributed by atoms with Crippen LogP contribution in [0.3, 0.4) is 0 Å². The van der Waals surface area contributed by atoms with Gasteiger partial charge in [0.25, 0.3) is 0 Å². The van der Waals surface area contributed by atoms with Gasteiger partial charge in [-0.15, -0.1) is 10.2 Å². The van der Waals surface area contributed by atoms with Crippen LogP contribution in [-0.4, -0.2) is 39.0 Å². The van der Waals surface area contributed by atoms with Crippen LogP contribution in [0.25, 0.3) is 22.6 Å². The number of furan rings is 1. The zero-order valence-electron chi connectivity index (χ0n) is 18.0. The molecule has 0 fully saturated rings. The molecule has 0 spiro atoms. The largest absolute Gasteiger partial charge is 0.462 e. The summed E-state index contributed by atoms with van der Waals surface area (Å²) >= 11 is 4.76. The van der Waals surface area contributed by atoms with Gasteiger partial charge in [0.15, 0.2) is 10.9 Å². The van der Waals surface area contributed by atoms with E-state index in [9.17, 15) is 9.59 Å². The molecule has 1 amide bonds. The summed E-state index contributed by atoms with van der Waals surface area (Å²) in [4.78, 5) is 24.2. The minimum atomic E-state index is -0.391. The highest BCUT2D eigenvalue weighted by Crippen LogP contribution is 2.30. The zero-order valence-corrected chi connectivity index (χ0v) is 20.4. The molecule has 0 atom stereocenters. The molecule has 8 nitrogen and oxygen atoms in total. The topological polar surface area (TPSA) is 99.2 Å². The van der Waals surface area contributed by atoms with Gasteiger partial charge in [-0.2, -0.15) is 0 Å². The molecule has 0 radical (unpaired) electrons. The highest BCUT2D eigenvalue weighted by atomic mass is 79.9. The molecule has 4 aromatic rings. The molecule has 0 aliphatic carbocycles. The van der Waals surface area contributed by atoms with Crippen molar-refractivity contribution in [1.82, 2.24) is 14.8 Å². The first-order chi connectivity index (χ1) is 16.0. The summed E-state index contributed by atoms with van der Waals surface area (Å²) in [6.45, 7) is 4.68. The Kier molecular flexibility index (Phi) is 7.14. The van der Waals surface area contributed by atoms with Crippen molar-refractivity contribution in [2.75, 3.05) is 17.7 Å². The molecule has 33 heavy (non-hydrogen) atoms. The van der Waals surface area contributed by atoms with E-state index in [0.717, 1.165) is 15.4 Å². The molecule has 2 aromatic carbocycles. The van der Waals surface area contributed by atoms with Crippen molar-refractivity contribution in [3.8, 4) is 11.6 Å². The van der Waals surface area contributed by atoms with Crippen LogP contribution in [0.4, 0.5) is 5.69 Å². The van der Waals surface area contributed by atoms with E-state index in [1.165, 1.54) is 11.8 Å². The van der Waals surface area contributed by atoms with Gasteiger partial charge in [-0.25, -0.2) is 4.79 Å². The maximum atomic E-state index is 12.4. The van der Waals surface area contributed by atoms with Crippen molar-refractivity contribution in [3.63, 3.8) is 0 Å². The number of benzene rings is 2. The second-order valence-electron chi connectivity index (χ2n) is 6.98. The van der Waals surface area contributed by atoms with Crippen molar-refractivity contribution < 1.29 is 18.7 Å². The molecule has 0 saturated heterocycles. The van der Waals surface area contributed by atoms with Gasteiger partial charge >= 0.3 is 5.97 Å².